The Kier molecular flexibility index (Phi) is 3.93. The zero-order valence-corrected chi connectivity index (χ0v) is 11.3. The number of carbonyl (C=O) groups excluding carboxylic acids is 1. The van der Waals surface area contributed by atoms with Crippen LogP contribution in [0.2, 0.25) is 5.02 Å². The Balaban J connectivity index is 2.34. The second-order valence-corrected chi connectivity index (χ2v) is 4.45. The molecule has 19 heavy (non-hydrogen) atoms. The maximum Gasteiger partial charge on any atom is 0.373 e. The highest BCUT2D eigenvalue weighted by Gasteiger charge is 2.20. The maximum atomic E-state index is 11.3. The number of halogens is 1. The molecule has 0 fully saturated rings. The average Bonchev–Trinajstić information content (AvgIpc) is 2.90. The molecular formula is C14H13ClO4. The van der Waals surface area contributed by atoms with Crippen molar-refractivity contribution in [2.75, 3.05) is 7.11 Å². The van der Waals surface area contributed by atoms with E-state index in [-0.39, 0.29) is 11.5 Å². The molecule has 0 amide bonds. The van der Waals surface area contributed by atoms with Crippen LogP contribution in [0.25, 0.3) is 0 Å². The molecule has 1 atom stereocenters. The van der Waals surface area contributed by atoms with Crippen LogP contribution in [0, 0.1) is 6.92 Å². The van der Waals surface area contributed by atoms with Gasteiger partial charge in [0.1, 0.15) is 11.9 Å². The third-order valence-electron chi connectivity index (χ3n) is 2.80. The Hall–Kier alpha value is -1.78. The van der Waals surface area contributed by atoms with Crippen LogP contribution in [0.4, 0.5) is 0 Å². The van der Waals surface area contributed by atoms with Gasteiger partial charge in [0.15, 0.2) is 0 Å². The van der Waals surface area contributed by atoms with E-state index >= 15 is 0 Å². The smallest absolute Gasteiger partial charge is 0.373 e. The molecule has 1 heterocycles. The van der Waals surface area contributed by atoms with Crippen molar-refractivity contribution < 1.29 is 19.1 Å². The maximum absolute atomic E-state index is 11.3. The van der Waals surface area contributed by atoms with Gasteiger partial charge in [-0.2, -0.15) is 0 Å². The summed E-state index contributed by atoms with van der Waals surface area (Å²) in [6, 6.07) is 8.33. The Morgan fingerprint density at radius 2 is 2.11 bits per heavy atom. The fourth-order valence-corrected chi connectivity index (χ4v) is 1.97. The van der Waals surface area contributed by atoms with Crippen LogP contribution in [0.5, 0.6) is 0 Å². The lowest BCUT2D eigenvalue weighted by atomic mass is 10.0. The first-order chi connectivity index (χ1) is 9.04. The molecule has 0 aliphatic carbocycles. The second kappa shape index (κ2) is 5.47. The predicted octanol–water partition coefficient (Wildman–Crippen LogP) is 3.11. The van der Waals surface area contributed by atoms with Crippen molar-refractivity contribution in [3.8, 4) is 0 Å². The summed E-state index contributed by atoms with van der Waals surface area (Å²) in [6.07, 6.45) is -1.02. The zero-order valence-electron chi connectivity index (χ0n) is 10.5. The number of furan rings is 1. The third-order valence-corrected chi connectivity index (χ3v) is 3.32. The highest BCUT2D eigenvalue weighted by Crippen LogP contribution is 2.31. The zero-order chi connectivity index (χ0) is 14.0. The van der Waals surface area contributed by atoms with Gasteiger partial charge >= 0.3 is 5.97 Å². The average molecular weight is 281 g/mol. The molecule has 4 nitrogen and oxygen atoms in total. The molecule has 0 radical (unpaired) electrons. The standard InChI is InChI=1S/C14H13ClO4/c1-8-4-3-5-9(12(8)15)13(16)10-6-7-11(19-10)14(17)18-2/h3-7,13,16H,1-2H3. The van der Waals surface area contributed by atoms with E-state index in [2.05, 4.69) is 4.74 Å². The van der Waals surface area contributed by atoms with E-state index in [9.17, 15) is 9.90 Å². The van der Waals surface area contributed by atoms with Crippen molar-refractivity contribution in [2.45, 2.75) is 13.0 Å². The topological polar surface area (TPSA) is 59.7 Å². The van der Waals surface area contributed by atoms with Gasteiger partial charge in [0.05, 0.1) is 7.11 Å². The number of benzene rings is 1. The van der Waals surface area contributed by atoms with Crippen molar-refractivity contribution in [3.63, 3.8) is 0 Å². The normalized spacial score (nSPS) is 12.2. The molecule has 0 saturated carbocycles. The number of hydrogen-bond acceptors (Lipinski definition) is 4. The molecule has 100 valence electrons. The van der Waals surface area contributed by atoms with Crippen molar-refractivity contribution in [3.05, 3.63) is 58.0 Å². The van der Waals surface area contributed by atoms with Gasteiger partial charge < -0.3 is 14.3 Å². The first kappa shape index (κ1) is 13.6. The molecule has 1 unspecified atom stereocenters. The number of ether oxygens (including phenoxy) is 1. The number of esters is 1. The second-order valence-electron chi connectivity index (χ2n) is 4.07. The number of rotatable bonds is 3. The molecule has 2 aromatic rings. The lowest BCUT2D eigenvalue weighted by Crippen LogP contribution is -2.01. The fourth-order valence-electron chi connectivity index (χ4n) is 1.74. The highest BCUT2D eigenvalue weighted by molar-refractivity contribution is 6.32. The minimum atomic E-state index is -1.02. The van der Waals surface area contributed by atoms with E-state index in [4.69, 9.17) is 16.0 Å². The predicted molar refractivity (Wildman–Crippen MR) is 70.3 cm³/mol. The molecule has 0 saturated heterocycles. The molecule has 1 aromatic carbocycles. The van der Waals surface area contributed by atoms with Gasteiger partial charge in [-0.25, -0.2) is 4.79 Å². The summed E-state index contributed by atoms with van der Waals surface area (Å²) in [7, 11) is 1.26. The van der Waals surface area contributed by atoms with E-state index in [0.717, 1.165) is 5.56 Å². The molecular weight excluding hydrogens is 268 g/mol. The lowest BCUT2D eigenvalue weighted by Gasteiger charge is -2.11. The number of carbonyl (C=O) groups is 1. The van der Waals surface area contributed by atoms with E-state index in [1.54, 1.807) is 12.1 Å². The van der Waals surface area contributed by atoms with E-state index in [1.165, 1.54) is 19.2 Å². The van der Waals surface area contributed by atoms with Crippen molar-refractivity contribution >= 4 is 17.6 Å². The van der Waals surface area contributed by atoms with Crippen LogP contribution in [-0.2, 0) is 4.74 Å². The van der Waals surface area contributed by atoms with E-state index in [1.807, 2.05) is 13.0 Å². The summed E-state index contributed by atoms with van der Waals surface area (Å²) >= 11 is 6.14. The monoisotopic (exact) mass is 280 g/mol. The summed E-state index contributed by atoms with van der Waals surface area (Å²) in [5.74, 6) is -0.304. The van der Waals surface area contributed by atoms with E-state index < -0.39 is 12.1 Å². The summed E-state index contributed by atoms with van der Waals surface area (Å²) < 4.78 is 9.80. The van der Waals surface area contributed by atoms with Gasteiger partial charge in [0.2, 0.25) is 5.76 Å². The first-order valence-electron chi connectivity index (χ1n) is 5.65. The summed E-state index contributed by atoms with van der Waals surface area (Å²) in [5, 5.41) is 10.7. The number of aryl methyl sites for hydroxylation is 1. The summed E-state index contributed by atoms with van der Waals surface area (Å²) in [5.41, 5.74) is 1.39. The summed E-state index contributed by atoms with van der Waals surface area (Å²) in [6.45, 7) is 1.85. The third kappa shape index (κ3) is 2.64. The van der Waals surface area contributed by atoms with Crippen molar-refractivity contribution in [1.82, 2.24) is 0 Å². The fraction of sp³-hybridized carbons (Fsp3) is 0.214. The summed E-state index contributed by atoms with van der Waals surface area (Å²) in [4.78, 5) is 11.3. The molecule has 2 rings (SSSR count). The van der Waals surface area contributed by atoms with Crippen LogP contribution >= 0.6 is 11.6 Å². The number of hydrogen-bond donors (Lipinski definition) is 1. The minimum Gasteiger partial charge on any atom is -0.463 e. The minimum absolute atomic E-state index is 0.0420. The Labute approximate surface area is 115 Å². The van der Waals surface area contributed by atoms with E-state index in [0.29, 0.717) is 10.6 Å². The molecule has 0 aliphatic rings. The van der Waals surface area contributed by atoms with Crippen LogP contribution in [0.15, 0.2) is 34.7 Å². The van der Waals surface area contributed by atoms with Crippen molar-refractivity contribution in [1.29, 1.82) is 0 Å². The number of aliphatic hydroxyl groups is 1. The quantitative estimate of drug-likeness (QED) is 0.878. The number of aliphatic hydroxyl groups excluding tert-OH is 1. The largest absolute Gasteiger partial charge is 0.463 e. The van der Waals surface area contributed by atoms with Crippen LogP contribution in [-0.4, -0.2) is 18.2 Å². The Morgan fingerprint density at radius 1 is 1.37 bits per heavy atom. The number of methoxy groups -OCH3 is 1. The Bertz CT molecular complexity index is 603. The first-order valence-corrected chi connectivity index (χ1v) is 6.03. The van der Waals surface area contributed by atoms with Crippen molar-refractivity contribution in [2.24, 2.45) is 0 Å². The van der Waals surface area contributed by atoms with Crippen LogP contribution in [0.3, 0.4) is 0 Å². The highest BCUT2D eigenvalue weighted by atomic mass is 35.5. The molecule has 5 heteroatoms. The SMILES string of the molecule is COC(=O)c1ccc(C(O)c2cccc(C)c2Cl)o1. The van der Waals surface area contributed by atoms with Gasteiger partial charge in [0.25, 0.3) is 0 Å². The molecule has 1 aromatic heterocycles. The molecule has 0 bridgehead atoms. The van der Waals surface area contributed by atoms with Gasteiger partial charge in [-0.05, 0) is 24.6 Å². The van der Waals surface area contributed by atoms with Gasteiger partial charge in [-0.1, -0.05) is 29.8 Å². The van der Waals surface area contributed by atoms with Gasteiger partial charge in [-0.3, -0.25) is 0 Å². The molecule has 0 aliphatic heterocycles. The van der Waals surface area contributed by atoms with Crippen LogP contribution < -0.4 is 0 Å². The molecule has 0 spiro atoms. The van der Waals surface area contributed by atoms with Gasteiger partial charge in [-0.15, -0.1) is 0 Å². The van der Waals surface area contributed by atoms with Gasteiger partial charge in [0, 0.05) is 10.6 Å². The Morgan fingerprint density at radius 3 is 2.79 bits per heavy atom. The van der Waals surface area contributed by atoms with Crippen LogP contribution in [0.1, 0.15) is 33.5 Å². The molecule has 1 N–H and O–H groups in total. The lowest BCUT2D eigenvalue weighted by molar-refractivity contribution is 0.0558.